The van der Waals surface area contributed by atoms with Crippen molar-refractivity contribution in [3.63, 3.8) is 0 Å². The summed E-state index contributed by atoms with van der Waals surface area (Å²) in [5.41, 5.74) is 0.911. The smallest absolute Gasteiger partial charge is 0.406 e. The molecule has 1 saturated carbocycles. The number of piperazine rings is 1. The Morgan fingerprint density at radius 1 is 0.979 bits per heavy atom. The maximum Gasteiger partial charge on any atom is 0.573 e. The number of thiazole rings is 1. The summed E-state index contributed by atoms with van der Waals surface area (Å²) in [4.78, 5) is 30.3. The highest BCUT2D eigenvalue weighted by Crippen LogP contribution is 2.47. The van der Waals surface area contributed by atoms with Gasteiger partial charge in [0.05, 0.1) is 22.9 Å². The normalized spacial score (nSPS) is 18.1. The van der Waals surface area contributed by atoms with Gasteiger partial charge in [-0.2, -0.15) is 4.98 Å². The highest BCUT2D eigenvalue weighted by Gasteiger charge is 2.47. The molecule has 2 fully saturated rings. The first-order chi connectivity index (χ1) is 22.8. The van der Waals surface area contributed by atoms with Gasteiger partial charge in [-0.1, -0.05) is 23.5 Å². The second-order valence-corrected chi connectivity index (χ2v) is 13.3. The van der Waals surface area contributed by atoms with Crippen LogP contribution in [-0.2, 0) is 21.5 Å². The Kier molecular flexibility index (Phi) is 9.61. The number of anilines is 1. The van der Waals surface area contributed by atoms with Crippen LogP contribution in [0.5, 0.6) is 11.5 Å². The minimum atomic E-state index is -4.82. The molecule has 48 heavy (non-hydrogen) atoms. The maximum absolute atomic E-state index is 13.6. The minimum absolute atomic E-state index is 0.0341. The zero-order chi connectivity index (χ0) is 34.1. The topological polar surface area (TPSA) is 102 Å². The first kappa shape index (κ1) is 34.0. The largest absolute Gasteiger partial charge is 0.573 e. The third kappa shape index (κ3) is 8.40. The molecule has 0 spiro atoms. The fourth-order valence-corrected chi connectivity index (χ4v) is 7.10. The Morgan fingerprint density at radius 3 is 2.23 bits per heavy atom. The van der Waals surface area contributed by atoms with Crippen LogP contribution in [0.3, 0.4) is 0 Å². The lowest BCUT2D eigenvalue weighted by molar-refractivity contribution is -0.275. The third-order valence-corrected chi connectivity index (χ3v) is 9.89. The van der Waals surface area contributed by atoms with Crippen molar-refractivity contribution in [2.24, 2.45) is 0 Å². The monoisotopic (exact) mass is 714 g/mol. The van der Waals surface area contributed by atoms with Crippen LogP contribution >= 0.6 is 23.3 Å². The second kappa shape index (κ2) is 13.6. The molecular weight excluding hydrogens is 686 g/mol. The average molecular weight is 715 g/mol. The molecule has 1 aliphatic carbocycles. The Balaban J connectivity index is 1.18. The van der Waals surface area contributed by atoms with E-state index < -0.39 is 18.8 Å². The van der Waals surface area contributed by atoms with E-state index in [4.69, 9.17) is 14.7 Å². The van der Waals surface area contributed by atoms with E-state index in [1.54, 1.807) is 13.3 Å². The van der Waals surface area contributed by atoms with Crippen molar-refractivity contribution in [2.45, 2.75) is 48.5 Å². The predicted molar refractivity (Wildman–Crippen MR) is 165 cm³/mol. The van der Waals surface area contributed by atoms with Crippen molar-refractivity contribution >= 4 is 44.7 Å². The lowest BCUT2D eigenvalue weighted by atomic mass is 10.1. The molecule has 4 aromatic rings. The minimum Gasteiger partial charge on any atom is -0.406 e. The number of carbonyl (C=O) groups excluding carboxylic acids is 1. The van der Waals surface area contributed by atoms with E-state index >= 15 is 0 Å². The zero-order valence-electron chi connectivity index (χ0n) is 25.2. The van der Waals surface area contributed by atoms with Gasteiger partial charge in [-0.25, -0.2) is 14.3 Å². The standard InChI is InChI=1S/C30H28F6N6O4S2/c1-44-17-28(10-11-28)26-38-15-23-24(39-26)40-27(47-23)41-12-13-42(48-21-8-6-20(7-9-21)46-30(34,35)36)22(16-41)25(43)37-14-18-2-4-19(5-3-18)45-29(31,32)33/h2-9,15,22H,10-14,16-17H2,1H3,(H,37,43)/t22-/m1/s1. The van der Waals surface area contributed by atoms with Crippen molar-refractivity contribution in [1.29, 1.82) is 0 Å². The molecule has 18 heteroatoms. The fraction of sp³-hybridized carbons (Fsp3) is 0.400. The van der Waals surface area contributed by atoms with Gasteiger partial charge < -0.3 is 24.4 Å². The van der Waals surface area contributed by atoms with Gasteiger partial charge in [-0.05, 0) is 66.8 Å². The molecule has 256 valence electrons. The number of carbonyl (C=O) groups is 1. The number of halogens is 6. The summed E-state index contributed by atoms with van der Waals surface area (Å²) in [6, 6.07) is 9.74. The number of nitrogens with zero attached hydrogens (tertiary/aromatic N) is 5. The van der Waals surface area contributed by atoms with E-state index in [9.17, 15) is 31.1 Å². The van der Waals surface area contributed by atoms with Crippen LogP contribution in [0, 0.1) is 0 Å². The Labute approximate surface area is 278 Å². The molecule has 1 saturated heterocycles. The number of alkyl halides is 6. The van der Waals surface area contributed by atoms with Crippen LogP contribution in [0.1, 0.15) is 24.2 Å². The van der Waals surface area contributed by atoms with Crippen LogP contribution < -0.4 is 19.7 Å². The zero-order valence-corrected chi connectivity index (χ0v) is 26.8. The molecule has 1 atom stereocenters. The van der Waals surface area contributed by atoms with Gasteiger partial charge in [0.1, 0.15) is 23.4 Å². The quantitative estimate of drug-likeness (QED) is 0.146. The Morgan fingerprint density at radius 2 is 1.62 bits per heavy atom. The van der Waals surface area contributed by atoms with Gasteiger partial charge in [-0.15, -0.1) is 26.3 Å². The van der Waals surface area contributed by atoms with Gasteiger partial charge in [0.25, 0.3) is 0 Å². The number of benzene rings is 2. The molecule has 2 aromatic heterocycles. The average Bonchev–Trinajstić information content (AvgIpc) is 3.69. The Bertz CT molecular complexity index is 1740. The molecule has 1 aliphatic heterocycles. The van der Waals surface area contributed by atoms with E-state index in [1.807, 2.05) is 9.21 Å². The summed E-state index contributed by atoms with van der Waals surface area (Å²) in [6.07, 6.45) is -6.03. The molecule has 6 rings (SSSR count). The van der Waals surface area contributed by atoms with Gasteiger partial charge >= 0.3 is 12.7 Å². The number of ether oxygens (including phenoxy) is 3. The Hall–Kier alpha value is -3.87. The maximum atomic E-state index is 13.6. The molecule has 3 heterocycles. The summed E-state index contributed by atoms with van der Waals surface area (Å²) in [7, 11) is 1.64. The molecule has 0 radical (unpaired) electrons. The number of amides is 1. The van der Waals surface area contributed by atoms with Gasteiger partial charge in [0.15, 0.2) is 10.8 Å². The number of hydrogen-bond donors (Lipinski definition) is 1. The highest BCUT2D eigenvalue weighted by molar-refractivity contribution is 7.97. The van der Waals surface area contributed by atoms with Gasteiger partial charge in [-0.3, -0.25) is 4.79 Å². The van der Waals surface area contributed by atoms with Crippen molar-refractivity contribution < 1.29 is 45.3 Å². The molecule has 0 bridgehead atoms. The number of nitrogens with one attached hydrogen (secondary N) is 1. The summed E-state index contributed by atoms with van der Waals surface area (Å²) in [5.74, 6) is -0.419. The molecule has 2 aliphatic rings. The van der Waals surface area contributed by atoms with Crippen molar-refractivity contribution in [3.8, 4) is 11.5 Å². The molecule has 2 aromatic carbocycles. The lowest BCUT2D eigenvalue weighted by Gasteiger charge is -2.39. The van der Waals surface area contributed by atoms with Crippen LogP contribution in [-0.4, -0.2) is 77.3 Å². The number of aromatic nitrogens is 3. The first-order valence-electron chi connectivity index (χ1n) is 14.6. The van der Waals surface area contributed by atoms with E-state index in [-0.39, 0.29) is 35.9 Å². The summed E-state index contributed by atoms with van der Waals surface area (Å²) in [5, 5.41) is 3.51. The second-order valence-electron chi connectivity index (χ2n) is 11.2. The molecular formula is C30H28F6N6O4S2. The SMILES string of the molecule is COCC1(c2ncc3sc(N4CCN(Sc5ccc(OC(F)(F)F)cc5)[C@@H](C(=O)NCc5ccc(OC(F)(F)F)cc5)C4)nc3n2)CC1. The van der Waals surface area contributed by atoms with Crippen LogP contribution in [0.2, 0.25) is 0 Å². The predicted octanol–water partition coefficient (Wildman–Crippen LogP) is 6.08. The summed E-state index contributed by atoms with van der Waals surface area (Å²) in [6.45, 7) is 1.65. The number of rotatable bonds is 11. The van der Waals surface area contributed by atoms with Crippen molar-refractivity contribution in [2.75, 3.05) is 38.3 Å². The molecule has 10 nitrogen and oxygen atoms in total. The van der Waals surface area contributed by atoms with Crippen LogP contribution in [0.15, 0.2) is 59.6 Å². The van der Waals surface area contributed by atoms with E-state index in [1.165, 1.54) is 59.7 Å². The fourth-order valence-electron chi connectivity index (χ4n) is 5.19. The van der Waals surface area contributed by atoms with Gasteiger partial charge in [0.2, 0.25) is 5.91 Å². The number of hydrogen-bond acceptors (Lipinski definition) is 11. The molecule has 1 amide bonds. The van der Waals surface area contributed by atoms with E-state index in [0.29, 0.717) is 46.8 Å². The van der Waals surface area contributed by atoms with Crippen LogP contribution in [0.25, 0.3) is 10.3 Å². The van der Waals surface area contributed by atoms with Gasteiger partial charge in [0, 0.05) is 38.2 Å². The molecule has 0 unspecified atom stereocenters. The van der Waals surface area contributed by atoms with Crippen molar-refractivity contribution in [1.82, 2.24) is 24.6 Å². The van der Waals surface area contributed by atoms with Crippen molar-refractivity contribution in [3.05, 3.63) is 66.1 Å². The van der Waals surface area contributed by atoms with Crippen LogP contribution in [0.4, 0.5) is 31.5 Å². The number of methoxy groups -OCH3 is 1. The molecule has 1 N–H and O–H groups in total. The van der Waals surface area contributed by atoms with E-state index in [2.05, 4.69) is 19.8 Å². The lowest BCUT2D eigenvalue weighted by Crippen LogP contribution is -2.56. The third-order valence-electron chi connectivity index (χ3n) is 7.70. The summed E-state index contributed by atoms with van der Waals surface area (Å²) >= 11 is 2.61. The number of fused-ring (bicyclic) bond motifs is 1. The summed E-state index contributed by atoms with van der Waals surface area (Å²) < 4.78 is 91.4. The highest BCUT2D eigenvalue weighted by atomic mass is 32.2. The first-order valence-corrected chi connectivity index (χ1v) is 16.2. The van der Waals surface area contributed by atoms with E-state index in [0.717, 1.165) is 29.7 Å².